The van der Waals surface area contributed by atoms with Gasteiger partial charge in [-0.25, -0.2) is 4.39 Å². The Morgan fingerprint density at radius 1 is 1.21 bits per heavy atom. The van der Waals surface area contributed by atoms with Crippen molar-refractivity contribution in [3.63, 3.8) is 0 Å². The molecule has 3 rings (SSSR count). The van der Waals surface area contributed by atoms with Crippen LogP contribution in [0.5, 0.6) is 0 Å². The molecule has 0 unspecified atom stereocenters. The fourth-order valence-corrected chi connectivity index (χ4v) is 3.71. The highest BCUT2D eigenvalue weighted by atomic mass is 19.1. The number of nitrogens with zero attached hydrogens (tertiary/aromatic N) is 2. The van der Waals surface area contributed by atoms with Gasteiger partial charge in [0.1, 0.15) is 6.17 Å². The van der Waals surface area contributed by atoms with E-state index in [0.717, 1.165) is 25.2 Å². The smallest absolute Gasteiger partial charge is 0.251 e. The van der Waals surface area contributed by atoms with Crippen LogP contribution in [0.2, 0.25) is 0 Å². The molecule has 150 valence electrons. The van der Waals surface area contributed by atoms with Crippen LogP contribution in [0.15, 0.2) is 54.6 Å². The number of carbonyl (C=O) groups excluding carboxylic acids is 1. The molecule has 1 heterocycles. The molecular weight excluding hydrogens is 353 g/mol. The second-order valence-corrected chi connectivity index (χ2v) is 7.49. The SMILES string of the molecule is CCCNC(=O)c1ccc(N(C)C[C@@H](c2ccccc2)N2CC[C@H](F)C2)cc1. The molecule has 4 nitrogen and oxygen atoms in total. The van der Waals surface area contributed by atoms with Crippen molar-refractivity contribution in [3.8, 4) is 0 Å². The maximum absolute atomic E-state index is 13.8. The lowest BCUT2D eigenvalue weighted by Crippen LogP contribution is -2.36. The lowest BCUT2D eigenvalue weighted by Gasteiger charge is -2.32. The number of anilines is 1. The summed E-state index contributed by atoms with van der Waals surface area (Å²) in [6.07, 6.45) is 0.788. The molecule has 0 aliphatic carbocycles. The summed E-state index contributed by atoms with van der Waals surface area (Å²) in [4.78, 5) is 16.5. The van der Waals surface area contributed by atoms with E-state index in [4.69, 9.17) is 0 Å². The molecule has 2 atom stereocenters. The molecular formula is C23H30FN3O. The van der Waals surface area contributed by atoms with Crippen LogP contribution >= 0.6 is 0 Å². The molecule has 2 aromatic rings. The summed E-state index contributed by atoms with van der Waals surface area (Å²) in [5, 5.41) is 2.90. The fraction of sp³-hybridized carbons (Fsp3) is 0.435. The van der Waals surface area contributed by atoms with Crippen molar-refractivity contribution in [3.05, 3.63) is 65.7 Å². The molecule has 0 bridgehead atoms. The molecule has 28 heavy (non-hydrogen) atoms. The van der Waals surface area contributed by atoms with Crippen LogP contribution in [0, 0.1) is 0 Å². The highest BCUT2D eigenvalue weighted by Crippen LogP contribution is 2.28. The number of likely N-dealkylation sites (N-methyl/N-ethyl adjacent to an activating group) is 1. The van der Waals surface area contributed by atoms with E-state index in [1.165, 1.54) is 5.56 Å². The largest absolute Gasteiger partial charge is 0.373 e. The van der Waals surface area contributed by atoms with Crippen molar-refractivity contribution in [2.45, 2.75) is 32.0 Å². The Labute approximate surface area is 167 Å². The van der Waals surface area contributed by atoms with Crippen molar-refractivity contribution in [2.24, 2.45) is 0 Å². The molecule has 0 saturated carbocycles. The molecule has 1 aliphatic heterocycles. The number of nitrogens with one attached hydrogen (secondary N) is 1. The van der Waals surface area contributed by atoms with Crippen LogP contribution in [-0.2, 0) is 0 Å². The van der Waals surface area contributed by atoms with E-state index in [2.05, 4.69) is 27.2 Å². The monoisotopic (exact) mass is 383 g/mol. The quantitative estimate of drug-likeness (QED) is 0.747. The predicted molar refractivity (Wildman–Crippen MR) is 113 cm³/mol. The minimum absolute atomic E-state index is 0.0377. The van der Waals surface area contributed by atoms with E-state index in [-0.39, 0.29) is 11.9 Å². The normalized spacial score (nSPS) is 18.0. The third kappa shape index (κ3) is 5.10. The Balaban J connectivity index is 1.71. The number of amides is 1. The Kier molecular flexibility index (Phi) is 7.04. The van der Waals surface area contributed by atoms with Crippen LogP contribution in [0.25, 0.3) is 0 Å². The maximum Gasteiger partial charge on any atom is 0.251 e. The molecule has 0 radical (unpaired) electrons. The minimum atomic E-state index is -0.738. The van der Waals surface area contributed by atoms with Crippen molar-refractivity contribution < 1.29 is 9.18 Å². The highest BCUT2D eigenvalue weighted by molar-refractivity contribution is 5.94. The van der Waals surface area contributed by atoms with E-state index in [9.17, 15) is 9.18 Å². The molecule has 0 aromatic heterocycles. The zero-order valence-electron chi connectivity index (χ0n) is 16.8. The van der Waals surface area contributed by atoms with Crippen LogP contribution < -0.4 is 10.2 Å². The van der Waals surface area contributed by atoms with Gasteiger partial charge < -0.3 is 10.2 Å². The molecule has 1 aliphatic rings. The number of halogens is 1. The fourth-order valence-electron chi connectivity index (χ4n) is 3.71. The Morgan fingerprint density at radius 3 is 2.54 bits per heavy atom. The van der Waals surface area contributed by atoms with Crippen LogP contribution in [0.4, 0.5) is 10.1 Å². The van der Waals surface area contributed by atoms with Crippen molar-refractivity contribution >= 4 is 11.6 Å². The number of carbonyl (C=O) groups is 1. The minimum Gasteiger partial charge on any atom is -0.373 e. The first kappa shape index (κ1) is 20.3. The van der Waals surface area contributed by atoms with E-state index < -0.39 is 6.17 Å². The molecule has 2 aromatic carbocycles. The number of likely N-dealkylation sites (tertiary alicyclic amines) is 1. The summed E-state index contributed by atoms with van der Waals surface area (Å²) < 4.78 is 13.8. The third-order valence-corrected chi connectivity index (χ3v) is 5.34. The van der Waals surface area contributed by atoms with Crippen molar-refractivity contribution in [1.29, 1.82) is 0 Å². The molecule has 0 spiro atoms. The second kappa shape index (κ2) is 9.69. The summed E-state index contributed by atoms with van der Waals surface area (Å²) in [6, 6.07) is 18.1. The van der Waals surface area contributed by atoms with Crippen LogP contribution in [0.1, 0.15) is 41.7 Å². The van der Waals surface area contributed by atoms with E-state index >= 15 is 0 Å². The van der Waals surface area contributed by atoms with E-state index in [0.29, 0.717) is 25.1 Å². The van der Waals surface area contributed by atoms with Crippen molar-refractivity contribution in [2.75, 3.05) is 38.1 Å². The zero-order valence-corrected chi connectivity index (χ0v) is 16.8. The number of hydrogen-bond donors (Lipinski definition) is 1. The van der Waals surface area contributed by atoms with Gasteiger partial charge in [-0.1, -0.05) is 37.3 Å². The summed E-state index contributed by atoms with van der Waals surface area (Å²) in [6.45, 7) is 4.75. The Hall–Kier alpha value is -2.40. The number of benzene rings is 2. The van der Waals surface area contributed by atoms with Gasteiger partial charge in [0.2, 0.25) is 0 Å². The van der Waals surface area contributed by atoms with Gasteiger partial charge in [-0.05, 0) is 42.7 Å². The lowest BCUT2D eigenvalue weighted by atomic mass is 10.0. The van der Waals surface area contributed by atoms with Gasteiger partial charge in [0.15, 0.2) is 0 Å². The maximum atomic E-state index is 13.8. The molecule has 1 amide bonds. The third-order valence-electron chi connectivity index (χ3n) is 5.34. The first-order chi connectivity index (χ1) is 13.6. The molecule has 1 N–H and O–H groups in total. The lowest BCUT2D eigenvalue weighted by molar-refractivity contribution is 0.0953. The van der Waals surface area contributed by atoms with E-state index in [1.807, 2.05) is 56.4 Å². The topological polar surface area (TPSA) is 35.6 Å². The summed E-state index contributed by atoms with van der Waals surface area (Å²) in [5.41, 5.74) is 2.92. The predicted octanol–water partition coefficient (Wildman–Crippen LogP) is 4.05. The summed E-state index contributed by atoms with van der Waals surface area (Å²) in [7, 11) is 2.05. The molecule has 5 heteroatoms. The van der Waals surface area contributed by atoms with Crippen molar-refractivity contribution in [1.82, 2.24) is 10.2 Å². The first-order valence-electron chi connectivity index (χ1n) is 10.1. The van der Waals surface area contributed by atoms with Gasteiger partial charge >= 0.3 is 0 Å². The number of alkyl halides is 1. The molecule has 1 fully saturated rings. The van der Waals surface area contributed by atoms with E-state index in [1.54, 1.807) is 0 Å². The summed E-state index contributed by atoms with van der Waals surface area (Å²) in [5.74, 6) is -0.0377. The van der Waals surface area contributed by atoms with Gasteiger partial charge in [-0.2, -0.15) is 0 Å². The van der Waals surface area contributed by atoms with Crippen LogP contribution in [0.3, 0.4) is 0 Å². The first-order valence-corrected chi connectivity index (χ1v) is 10.1. The van der Waals surface area contributed by atoms with Crippen LogP contribution in [-0.4, -0.2) is 50.2 Å². The number of hydrogen-bond acceptors (Lipinski definition) is 3. The van der Waals surface area contributed by atoms with Gasteiger partial charge in [-0.15, -0.1) is 0 Å². The zero-order chi connectivity index (χ0) is 19.9. The highest BCUT2D eigenvalue weighted by Gasteiger charge is 2.29. The Bertz CT molecular complexity index is 750. The van der Waals surface area contributed by atoms with Gasteiger partial charge in [0, 0.05) is 44.5 Å². The molecule has 1 saturated heterocycles. The average Bonchev–Trinajstić information content (AvgIpc) is 3.16. The average molecular weight is 384 g/mol. The van der Waals surface area contributed by atoms with Gasteiger partial charge in [0.05, 0.1) is 6.04 Å². The summed E-state index contributed by atoms with van der Waals surface area (Å²) >= 11 is 0. The number of rotatable bonds is 8. The van der Waals surface area contributed by atoms with Gasteiger partial charge in [-0.3, -0.25) is 9.69 Å². The van der Waals surface area contributed by atoms with Gasteiger partial charge in [0.25, 0.3) is 5.91 Å². The Morgan fingerprint density at radius 2 is 1.93 bits per heavy atom. The second-order valence-electron chi connectivity index (χ2n) is 7.49. The standard InChI is InChI=1S/C23H30FN3O/c1-3-14-25-23(28)19-9-11-21(12-10-19)26(2)17-22(18-7-5-4-6-8-18)27-15-13-20(24)16-27/h4-12,20,22H,3,13-17H2,1-2H3,(H,25,28)/t20-,22-/m0/s1.